The lowest BCUT2D eigenvalue weighted by Crippen LogP contribution is -2.45. The molecule has 1 aliphatic carbocycles. The Morgan fingerprint density at radius 3 is 2.60 bits per heavy atom. The molecule has 0 radical (unpaired) electrons. The molecule has 1 aromatic rings. The molecule has 1 amide bonds. The molecule has 0 spiro atoms. The van der Waals surface area contributed by atoms with Crippen LogP contribution in [0.1, 0.15) is 30.1 Å². The summed E-state index contributed by atoms with van der Waals surface area (Å²) in [6, 6.07) is 2.35. The van der Waals surface area contributed by atoms with E-state index in [0.717, 1.165) is 17.7 Å². The minimum atomic E-state index is -4.42. The molecule has 1 fully saturated rings. The van der Waals surface area contributed by atoms with Crippen LogP contribution in [0.15, 0.2) is 18.3 Å². The summed E-state index contributed by atoms with van der Waals surface area (Å²) in [5, 5.41) is 0.194. The average Bonchev–Trinajstić information content (AvgIpc) is 3.18. The van der Waals surface area contributed by atoms with Crippen LogP contribution in [0.5, 0.6) is 0 Å². The van der Waals surface area contributed by atoms with Crippen molar-refractivity contribution in [3.8, 4) is 0 Å². The van der Waals surface area contributed by atoms with Gasteiger partial charge in [-0.15, -0.1) is 0 Å². The number of hydrogen-bond acceptors (Lipinski definition) is 2. The highest BCUT2D eigenvalue weighted by atomic mass is 35.5. The molecule has 1 heterocycles. The van der Waals surface area contributed by atoms with Gasteiger partial charge in [0.05, 0.1) is 5.56 Å². The minimum Gasteiger partial charge on any atom is -0.327 e. The van der Waals surface area contributed by atoms with Gasteiger partial charge in [-0.05, 0) is 37.8 Å². The Balaban J connectivity index is 2.20. The van der Waals surface area contributed by atoms with Gasteiger partial charge in [0.15, 0.2) is 0 Å². The van der Waals surface area contributed by atoms with E-state index in [1.807, 2.05) is 0 Å². The van der Waals surface area contributed by atoms with E-state index in [2.05, 4.69) is 4.98 Å². The van der Waals surface area contributed by atoms with Gasteiger partial charge in [-0.1, -0.05) is 11.6 Å². The standard InChI is InChI=1S/C13H14ClF3N2O/c1-8(9-2-3-9)19(7-13(15,16)17)12(20)10-4-5-11(14)18-6-10/h4-6,8-9H,2-3,7H2,1H3. The molecule has 110 valence electrons. The minimum absolute atomic E-state index is 0.117. The molecule has 7 heteroatoms. The van der Waals surface area contributed by atoms with Crippen LogP contribution in [0.3, 0.4) is 0 Å². The van der Waals surface area contributed by atoms with Crippen LogP contribution < -0.4 is 0 Å². The number of pyridine rings is 1. The molecule has 0 bridgehead atoms. The van der Waals surface area contributed by atoms with Crippen LogP contribution in [-0.4, -0.2) is 34.6 Å². The number of carbonyl (C=O) groups is 1. The molecule has 1 saturated carbocycles. The van der Waals surface area contributed by atoms with Gasteiger partial charge in [-0.3, -0.25) is 4.79 Å². The number of halogens is 4. The maximum atomic E-state index is 12.7. The van der Waals surface area contributed by atoms with E-state index in [9.17, 15) is 18.0 Å². The van der Waals surface area contributed by atoms with Crippen molar-refractivity contribution in [2.75, 3.05) is 6.54 Å². The van der Waals surface area contributed by atoms with E-state index < -0.39 is 24.7 Å². The Morgan fingerprint density at radius 2 is 2.15 bits per heavy atom. The topological polar surface area (TPSA) is 33.2 Å². The maximum absolute atomic E-state index is 12.7. The van der Waals surface area contributed by atoms with E-state index in [0.29, 0.717) is 0 Å². The highest BCUT2D eigenvalue weighted by molar-refractivity contribution is 6.29. The second-order valence-electron chi connectivity index (χ2n) is 5.00. The average molecular weight is 307 g/mol. The Kier molecular flexibility index (Phi) is 4.22. The summed E-state index contributed by atoms with van der Waals surface area (Å²) in [6.45, 7) is 0.413. The van der Waals surface area contributed by atoms with Gasteiger partial charge >= 0.3 is 6.18 Å². The van der Waals surface area contributed by atoms with Crippen LogP contribution >= 0.6 is 11.6 Å². The fourth-order valence-electron chi connectivity index (χ4n) is 2.10. The first-order valence-corrected chi connectivity index (χ1v) is 6.65. The molecule has 0 N–H and O–H groups in total. The predicted molar refractivity (Wildman–Crippen MR) is 68.5 cm³/mol. The normalized spacial score (nSPS) is 16.9. The Bertz CT molecular complexity index is 485. The number of nitrogens with zero attached hydrogens (tertiary/aromatic N) is 2. The number of carbonyl (C=O) groups excluding carboxylic acids is 1. The van der Waals surface area contributed by atoms with Crippen molar-refractivity contribution in [3.63, 3.8) is 0 Å². The third kappa shape index (κ3) is 3.85. The number of rotatable bonds is 4. The molecule has 20 heavy (non-hydrogen) atoms. The molecule has 1 aliphatic rings. The lowest BCUT2D eigenvalue weighted by atomic mass is 10.1. The largest absolute Gasteiger partial charge is 0.406 e. The van der Waals surface area contributed by atoms with Gasteiger partial charge in [0, 0.05) is 12.2 Å². The molecule has 0 saturated heterocycles. The van der Waals surface area contributed by atoms with Crippen molar-refractivity contribution in [1.29, 1.82) is 0 Å². The maximum Gasteiger partial charge on any atom is 0.406 e. The molecule has 0 aliphatic heterocycles. The van der Waals surface area contributed by atoms with Crippen molar-refractivity contribution < 1.29 is 18.0 Å². The molecule has 0 aromatic carbocycles. The van der Waals surface area contributed by atoms with Gasteiger partial charge < -0.3 is 4.90 Å². The number of amides is 1. The van der Waals surface area contributed by atoms with Crippen molar-refractivity contribution in [1.82, 2.24) is 9.88 Å². The fourth-order valence-corrected chi connectivity index (χ4v) is 2.21. The zero-order valence-corrected chi connectivity index (χ0v) is 11.6. The smallest absolute Gasteiger partial charge is 0.327 e. The molecule has 1 atom stereocenters. The lowest BCUT2D eigenvalue weighted by molar-refractivity contribution is -0.144. The molecule has 1 unspecified atom stereocenters. The van der Waals surface area contributed by atoms with Crippen molar-refractivity contribution in [2.45, 2.75) is 32.0 Å². The van der Waals surface area contributed by atoms with E-state index in [1.165, 1.54) is 18.3 Å². The van der Waals surface area contributed by atoms with Crippen LogP contribution in [-0.2, 0) is 0 Å². The Hall–Kier alpha value is -1.30. The number of alkyl halides is 3. The van der Waals surface area contributed by atoms with Crippen LogP contribution in [0.4, 0.5) is 13.2 Å². The first-order valence-electron chi connectivity index (χ1n) is 6.27. The fraction of sp³-hybridized carbons (Fsp3) is 0.538. The van der Waals surface area contributed by atoms with Gasteiger partial charge in [-0.2, -0.15) is 13.2 Å². The van der Waals surface area contributed by atoms with Crippen LogP contribution in [0.25, 0.3) is 0 Å². The SMILES string of the molecule is CC(C1CC1)N(CC(F)(F)F)C(=O)c1ccc(Cl)nc1. The molecular weight excluding hydrogens is 293 g/mol. The summed E-state index contributed by atoms with van der Waals surface area (Å²) in [5.41, 5.74) is 0.117. The molecule has 3 nitrogen and oxygen atoms in total. The molecule has 2 rings (SSSR count). The predicted octanol–water partition coefficient (Wildman–Crippen LogP) is 3.54. The van der Waals surface area contributed by atoms with E-state index in [-0.39, 0.29) is 16.6 Å². The highest BCUT2D eigenvalue weighted by Gasteiger charge is 2.40. The Morgan fingerprint density at radius 1 is 1.50 bits per heavy atom. The van der Waals surface area contributed by atoms with Crippen LogP contribution in [0.2, 0.25) is 5.15 Å². The number of aromatic nitrogens is 1. The zero-order chi connectivity index (χ0) is 14.9. The lowest BCUT2D eigenvalue weighted by Gasteiger charge is -2.30. The summed E-state index contributed by atoms with van der Waals surface area (Å²) in [5.74, 6) is -0.507. The van der Waals surface area contributed by atoms with E-state index >= 15 is 0 Å². The van der Waals surface area contributed by atoms with Crippen molar-refractivity contribution in [3.05, 3.63) is 29.0 Å². The van der Waals surface area contributed by atoms with Gasteiger partial charge in [-0.25, -0.2) is 4.98 Å². The molecule has 1 aromatic heterocycles. The van der Waals surface area contributed by atoms with Crippen molar-refractivity contribution in [2.24, 2.45) is 5.92 Å². The highest BCUT2D eigenvalue weighted by Crippen LogP contribution is 2.36. The summed E-state index contributed by atoms with van der Waals surface area (Å²) < 4.78 is 38.0. The second kappa shape index (κ2) is 5.60. The van der Waals surface area contributed by atoms with Gasteiger partial charge in [0.2, 0.25) is 0 Å². The van der Waals surface area contributed by atoms with Gasteiger partial charge in [0.25, 0.3) is 5.91 Å². The van der Waals surface area contributed by atoms with Gasteiger partial charge in [0.1, 0.15) is 11.7 Å². The quantitative estimate of drug-likeness (QED) is 0.797. The van der Waals surface area contributed by atoms with Crippen LogP contribution in [0, 0.1) is 5.92 Å². The van der Waals surface area contributed by atoms with Crippen molar-refractivity contribution >= 4 is 17.5 Å². The monoisotopic (exact) mass is 306 g/mol. The van der Waals surface area contributed by atoms with E-state index in [1.54, 1.807) is 6.92 Å². The third-order valence-electron chi connectivity index (χ3n) is 3.38. The third-order valence-corrected chi connectivity index (χ3v) is 3.60. The zero-order valence-electron chi connectivity index (χ0n) is 10.8. The Labute approximate surface area is 119 Å². The summed E-state index contributed by atoms with van der Waals surface area (Å²) >= 11 is 5.61. The summed E-state index contributed by atoms with van der Waals surface area (Å²) in [6.07, 6.45) is -1.49. The second-order valence-corrected chi connectivity index (χ2v) is 5.38. The van der Waals surface area contributed by atoms with E-state index in [4.69, 9.17) is 11.6 Å². The summed E-state index contributed by atoms with van der Waals surface area (Å²) in [7, 11) is 0. The first-order chi connectivity index (χ1) is 9.28. The number of hydrogen-bond donors (Lipinski definition) is 0. The summed E-state index contributed by atoms with van der Waals surface area (Å²) in [4.78, 5) is 16.9. The first kappa shape index (κ1) is 15.1. The molecular formula is C13H14ClF3N2O.